The van der Waals surface area contributed by atoms with E-state index < -0.39 is 12.2 Å². The third kappa shape index (κ3) is 8.36. The largest absolute Gasteiger partial charge is 0.461 e. The third-order valence-corrected chi connectivity index (χ3v) is 6.39. The van der Waals surface area contributed by atoms with Crippen molar-refractivity contribution in [3.05, 3.63) is 12.2 Å². The summed E-state index contributed by atoms with van der Waals surface area (Å²) >= 11 is 0. The topological polar surface area (TPSA) is 96.2 Å². The van der Waals surface area contributed by atoms with Gasteiger partial charge >= 0.3 is 5.97 Å². The summed E-state index contributed by atoms with van der Waals surface area (Å²) in [5, 5.41) is 31.3. The summed E-state index contributed by atoms with van der Waals surface area (Å²) in [5.74, 6) is 0.0185. The van der Waals surface area contributed by atoms with Crippen molar-refractivity contribution in [2.24, 2.45) is 17.8 Å². The van der Waals surface area contributed by atoms with Crippen LogP contribution in [0.4, 0.5) is 0 Å². The fourth-order valence-corrected chi connectivity index (χ4v) is 4.85. The third-order valence-electron chi connectivity index (χ3n) is 6.39. The van der Waals surface area contributed by atoms with Gasteiger partial charge in [-0.3, -0.25) is 0 Å². The zero-order chi connectivity index (χ0) is 21.2. The van der Waals surface area contributed by atoms with E-state index in [1.165, 1.54) is 19.3 Å². The van der Waals surface area contributed by atoms with Gasteiger partial charge in [0.05, 0.1) is 31.0 Å². The molecule has 0 amide bonds. The number of ether oxygens (including phenoxy) is 2. The van der Waals surface area contributed by atoms with Gasteiger partial charge in [0.1, 0.15) is 6.61 Å². The molecule has 0 aromatic carbocycles. The molecule has 29 heavy (non-hydrogen) atoms. The van der Waals surface area contributed by atoms with Crippen molar-refractivity contribution < 1.29 is 29.6 Å². The standard InChI is InChI=1S/C23H40O6/c1-16(2)29-23(27)15-28-13-7-6-10-18-19(22(26)14-21(18)25)11-12-20(24)17-8-4-3-5-9-17/h6-7,16-22,24-26H,3-5,8-15H2,1-2H3/b7-6-/t18-,19-,20-,21+,22-/m1/s1. The maximum Gasteiger partial charge on any atom is 0.332 e. The Kier molecular flexibility index (Phi) is 10.6. The summed E-state index contributed by atoms with van der Waals surface area (Å²) in [6, 6.07) is 0. The van der Waals surface area contributed by atoms with Gasteiger partial charge in [-0.2, -0.15) is 0 Å². The van der Waals surface area contributed by atoms with E-state index in [0.717, 1.165) is 19.3 Å². The Labute approximate surface area is 175 Å². The van der Waals surface area contributed by atoms with Crippen LogP contribution in [-0.2, 0) is 14.3 Å². The molecule has 0 aromatic rings. The molecule has 2 rings (SSSR count). The van der Waals surface area contributed by atoms with Crippen LogP contribution < -0.4 is 0 Å². The Bertz CT molecular complexity index is 500. The van der Waals surface area contributed by atoms with Gasteiger partial charge in [-0.15, -0.1) is 0 Å². The van der Waals surface area contributed by atoms with E-state index in [2.05, 4.69) is 0 Å². The van der Waals surface area contributed by atoms with Crippen molar-refractivity contribution in [3.8, 4) is 0 Å². The lowest BCUT2D eigenvalue weighted by atomic mass is 9.80. The number of hydrogen-bond donors (Lipinski definition) is 3. The molecule has 6 nitrogen and oxygen atoms in total. The summed E-state index contributed by atoms with van der Waals surface area (Å²) < 4.78 is 10.3. The predicted octanol–water partition coefficient (Wildman–Crippen LogP) is 2.98. The maximum absolute atomic E-state index is 11.4. The van der Waals surface area contributed by atoms with Crippen LogP contribution in [0.3, 0.4) is 0 Å². The number of rotatable bonds is 11. The highest BCUT2D eigenvalue weighted by molar-refractivity contribution is 5.70. The molecular formula is C23H40O6. The molecule has 0 radical (unpaired) electrons. The van der Waals surface area contributed by atoms with Crippen molar-refractivity contribution in [1.82, 2.24) is 0 Å². The van der Waals surface area contributed by atoms with Crippen LogP contribution in [0.1, 0.15) is 71.6 Å². The van der Waals surface area contributed by atoms with E-state index in [-0.39, 0.29) is 36.6 Å². The van der Waals surface area contributed by atoms with Gasteiger partial charge < -0.3 is 24.8 Å². The second kappa shape index (κ2) is 12.7. The van der Waals surface area contributed by atoms with Gasteiger partial charge in [-0.25, -0.2) is 4.79 Å². The Balaban J connectivity index is 1.72. The van der Waals surface area contributed by atoms with Crippen LogP contribution in [0.15, 0.2) is 12.2 Å². The average Bonchev–Trinajstić information content (AvgIpc) is 2.95. The normalized spacial score (nSPS) is 29.6. The molecule has 2 aliphatic carbocycles. The minimum Gasteiger partial charge on any atom is -0.461 e. The second-order valence-corrected chi connectivity index (χ2v) is 9.00. The molecule has 3 N–H and O–H groups in total. The predicted molar refractivity (Wildman–Crippen MR) is 111 cm³/mol. The number of carbonyl (C=O) groups is 1. The van der Waals surface area contributed by atoms with Crippen LogP contribution >= 0.6 is 0 Å². The molecular weight excluding hydrogens is 372 g/mol. The van der Waals surface area contributed by atoms with Gasteiger partial charge in [0.15, 0.2) is 0 Å². The van der Waals surface area contributed by atoms with Gasteiger partial charge in [0.2, 0.25) is 0 Å². The Morgan fingerprint density at radius 3 is 2.45 bits per heavy atom. The van der Waals surface area contributed by atoms with Crippen LogP contribution in [0.2, 0.25) is 0 Å². The molecule has 0 aliphatic heterocycles. The van der Waals surface area contributed by atoms with E-state index in [9.17, 15) is 20.1 Å². The molecule has 0 saturated heterocycles. The molecule has 2 saturated carbocycles. The lowest BCUT2D eigenvalue weighted by molar-refractivity contribution is -0.152. The first-order valence-corrected chi connectivity index (χ1v) is 11.3. The number of aliphatic hydroxyl groups is 3. The molecule has 0 heterocycles. The summed E-state index contributed by atoms with van der Waals surface area (Å²) in [7, 11) is 0. The summed E-state index contributed by atoms with van der Waals surface area (Å²) in [6.45, 7) is 3.83. The lowest BCUT2D eigenvalue weighted by Crippen LogP contribution is -2.27. The maximum atomic E-state index is 11.4. The Hall–Kier alpha value is -0.950. The van der Waals surface area contributed by atoms with Crippen LogP contribution in [0.5, 0.6) is 0 Å². The van der Waals surface area contributed by atoms with Crippen molar-refractivity contribution in [3.63, 3.8) is 0 Å². The Morgan fingerprint density at radius 1 is 1.07 bits per heavy atom. The van der Waals surface area contributed by atoms with E-state index in [4.69, 9.17) is 9.47 Å². The highest BCUT2D eigenvalue weighted by atomic mass is 16.6. The minimum absolute atomic E-state index is 0.00860. The zero-order valence-corrected chi connectivity index (χ0v) is 18.0. The molecule has 2 aliphatic rings. The van der Waals surface area contributed by atoms with E-state index in [1.54, 1.807) is 13.8 Å². The van der Waals surface area contributed by atoms with E-state index in [1.807, 2.05) is 12.2 Å². The minimum atomic E-state index is -0.520. The first kappa shape index (κ1) is 24.3. The van der Waals surface area contributed by atoms with E-state index in [0.29, 0.717) is 31.8 Å². The summed E-state index contributed by atoms with van der Waals surface area (Å²) in [6.07, 6.45) is 10.7. The van der Waals surface area contributed by atoms with Crippen molar-refractivity contribution in [1.29, 1.82) is 0 Å². The van der Waals surface area contributed by atoms with Crippen LogP contribution in [0, 0.1) is 17.8 Å². The van der Waals surface area contributed by atoms with Crippen LogP contribution in [0.25, 0.3) is 0 Å². The molecule has 5 atom stereocenters. The van der Waals surface area contributed by atoms with Gasteiger partial charge in [-0.1, -0.05) is 31.4 Å². The summed E-state index contributed by atoms with van der Waals surface area (Å²) in [4.78, 5) is 11.4. The van der Waals surface area contributed by atoms with Gasteiger partial charge in [0, 0.05) is 0 Å². The number of allylic oxidation sites excluding steroid dienone is 1. The fraction of sp³-hybridized carbons (Fsp3) is 0.870. The number of esters is 1. The lowest BCUT2D eigenvalue weighted by Gasteiger charge is -2.29. The fourth-order valence-electron chi connectivity index (χ4n) is 4.85. The Morgan fingerprint density at radius 2 is 1.76 bits per heavy atom. The molecule has 0 unspecified atom stereocenters. The summed E-state index contributed by atoms with van der Waals surface area (Å²) in [5.41, 5.74) is 0. The SMILES string of the molecule is CC(C)OC(=O)COC/C=C\C[C@@H]1[C@@H](CC[C@@H](O)C2CCCCC2)[C@H](O)C[C@@H]1O. The van der Waals surface area contributed by atoms with Crippen molar-refractivity contribution >= 4 is 5.97 Å². The van der Waals surface area contributed by atoms with Gasteiger partial charge in [0.25, 0.3) is 0 Å². The quantitative estimate of drug-likeness (QED) is 0.274. The van der Waals surface area contributed by atoms with Crippen LogP contribution in [-0.4, -0.2) is 58.9 Å². The molecule has 0 bridgehead atoms. The average molecular weight is 413 g/mol. The zero-order valence-electron chi connectivity index (χ0n) is 18.0. The first-order valence-electron chi connectivity index (χ1n) is 11.3. The molecule has 0 aromatic heterocycles. The van der Waals surface area contributed by atoms with Crippen molar-refractivity contribution in [2.45, 2.75) is 96.1 Å². The monoisotopic (exact) mass is 412 g/mol. The molecule has 168 valence electrons. The highest BCUT2D eigenvalue weighted by Gasteiger charge is 2.41. The smallest absolute Gasteiger partial charge is 0.332 e. The van der Waals surface area contributed by atoms with Crippen molar-refractivity contribution in [2.75, 3.05) is 13.2 Å². The highest BCUT2D eigenvalue weighted by Crippen LogP contribution is 2.39. The second-order valence-electron chi connectivity index (χ2n) is 9.00. The number of aliphatic hydroxyl groups excluding tert-OH is 3. The molecule has 2 fully saturated rings. The first-order chi connectivity index (χ1) is 13.9. The molecule has 0 spiro atoms. The number of carbonyl (C=O) groups excluding carboxylic acids is 1. The van der Waals surface area contributed by atoms with E-state index >= 15 is 0 Å². The van der Waals surface area contributed by atoms with Gasteiger partial charge in [-0.05, 0) is 70.1 Å². The number of hydrogen-bond acceptors (Lipinski definition) is 6. The molecule has 6 heteroatoms.